The van der Waals surface area contributed by atoms with E-state index in [1.54, 1.807) is 13.8 Å². The van der Waals surface area contributed by atoms with Crippen LogP contribution in [0.4, 0.5) is 0 Å². The Balaban J connectivity index is 4.27. The van der Waals surface area contributed by atoms with Crippen LogP contribution >= 0.6 is 0 Å². The Labute approximate surface area is 236 Å². The number of hydrogen-bond acceptors (Lipinski definition) is 9. The molecular weight excluding hydrogens is 524 g/mol. The number of rotatable bonds is 26. The second-order valence-corrected chi connectivity index (χ2v) is 10.5. The summed E-state index contributed by atoms with van der Waals surface area (Å²) in [7, 11) is 0. The Morgan fingerprint density at radius 3 is 1.98 bits per heavy atom. The van der Waals surface area contributed by atoms with E-state index in [1.165, 1.54) is 0 Å². The van der Waals surface area contributed by atoms with Crippen molar-refractivity contribution in [2.75, 3.05) is 33.0 Å². The minimum Gasteiger partial charge on any atom is -0.481 e. The summed E-state index contributed by atoms with van der Waals surface area (Å²) >= 11 is 0. The van der Waals surface area contributed by atoms with Gasteiger partial charge in [-0.2, -0.15) is 0 Å². The fraction of sp³-hybridized carbons (Fsp3) is 0.786. The molecule has 0 fully saturated rings. The van der Waals surface area contributed by atoms with E-state index < -0.39 is 29.8 Å². The molecule has 2 atom stereocenters. The van der Waals surface area contributed by atoms with Crippen LogP contribution in [0.2, 0.25) is 0 Å². The van der Waals surface area contributed by atoms with Crippen LogP contribution in [0.15, 0.2) is 0 Å². The highest BCUT2D eigenvalue weighted by Gasteiger charge is 2.25. The highest BCUT2D eigenvalue weighted by molar-refractivity contribution is 5.86. The molecule has 12 heteroatoms. The normalized spacial score (nSPS) is 12.8. The van der Waals surface area contributed by atoms with E-state index in [2.05, 4.69) is 10.6 Å². The summed E-state index contributed by atoms with van der Waals surface area (Å²) in [4.78, 5) is 71.1. The Kier molecular flexibility index (Phi) is 20.6. The Morgan fingerprint density at radius 1 is 0.725 bits per heavy atom. The summed E-state index contributed by atoms with van der Waals surface area (Å²) < 4.78 is 10.6. The van der Waals surface area contributed by atoms with Gasteiger partial charge in [-0.15, -0.1) is 0 Å². The van der Waals surface area contributed by atoms with Crippen molar-refractivity contribution in [2.24, 2.45) is 11.8 Å². The van der Waals surface area contributed by atoms with E-state index >= 15 is 0 Å². The maximum atomic E-state index is 12.3. The molecule has 0 saturated carbocycles. The molecule has 0 radical (unpaired) electrons. The number of carbonyl (C=O) groups is 6. The van der Waals surface area contributed by atoms with Gasteiger partial charge < -0.3 is 30.3 Å². The molecule has 0 aromatic heterocycles. The van der Waals surface area contributed by atoms with Crippen LogP contribution in [0.3, 0.4) is 0 Å². The van der Waals surface area contributed by atoms with Gasteiger partial charge in [0.05, 0.1) is 19.1 Å². The Bertz CT molecular complexity index is 813. The minimum absolute atomic E-state index is 0.0128. The van der Waals surface area contributed by atoms with Gasteiger partial charge in [-0.3, -0.25) is 24.0 Å². The van der Waals surface area contributed by atoms with Crippen LogP contribution in [0, 0.1) is 11.8 Å². The third-order valence-corrected chi connectivity index (χ3v) is 6.08. The predicted octanol–water partition coefficient (Wildman–Crippen LogP) is 2.16. The van der Waals surface area contributed by atoms with Gasteiger partial charge in [-0.05, 0) is 32.2 Å². The molecule has 0 aromatic rings. The first-order chi connectivity index (χ1) is 18.8. The van der Waals surface area contributed by atoms with Gasteiger partial charge in [-0.25, -0.2) is 4.79 Å². The number of carboxylic acid groups (broad SMARTS) is 2. The number of amides is 1. The standard InChI is InChI=1S/C28H48N2O10/c1-19(2)25(33)18-40-16-15-39-14-6-8-22(31)10-11-24(28(37)38)30-26(34)12-9-21(27(35)36)17-23(32)7-5-13-29-20(3)4/h19-21,24,29H,5-18H2,1-4H3,(H,30,34)(H,35,36)(H,37,38)/t21-,24+/m1/s1. The van der Waals surface area contributed by atoms with Crippen molar-refractivity contribution in [3.05, 3.63) is 0 Å². The second kappa shape index (κ2) is 22.0. The molecule has 0 heterocycles. The van der Waals surface area contributed by atoms with E-state index in [9.17, 15) is 39.0 Å². The summed E-state index contributed by atoms with van der Waals surface area (Å²) in [6.07, 6.45) is 0.796. The van der Waals surface area contributed by atoms with Crippen LogP contribution in [0.5, 0.6) is 0 Å². The summed E-state index contributed by atoms with van der Waals surface area (Å²) in [5.74, 6) is -4.59. The first kappa shape index (κ1) is 37.3. The van der Waals surface area contributed by atoms with E-state index in [-0.39, 0.29) is 81.4 Å². The third kappa shape index (κ3) is 20.2. The lowest BCUT2D eigenvalue weighted by Crippen LogP contribution is -2.41. The lowest BCUT2D eigenvalue weighted by atomic mass is 9.95. The molecule has 0 unspecified atom stereocenters. The van der Waals surface area contributed by atoms with Crippen LogP contribution < -0.4 is 10.6 Å². The van der Waals surface area contributed by atoms with Crippen LogP contribution in [0.25, 0.3) is 0 Å². The summed E-state index contributed by atoms with van der Waals surface area (Å²) in [5, 5.41) is 24.4. The number of hydrogen-bond donors (Lipinski definition) is 4. The third-order valence-electron chi connectivity index (χ3n) is 6.08. The molecule has 230 valence electrons. The monoisotopic (exact) mass is 572 g/mol. The SMILES string of the molecule is CC(C)NCCCC(=O)C[C@@H](CCC(=O)N[C@@H](CCC(=O)CCCOCCOCC(=O)C(C)C)C(=O)O)C(=O)O. The number of Topliss-reactive ketones (excluding diaryl/α,β-unsaturated/α-hetero) is 3. The molecule has 0 rings (SSSR count). The lowest BCUT2D eigenvalue weighted by Gasteiger charge is -2.16. The molecule has 40 heavy (non-hydrogen) atoms. The van der Waals surface area contributed by atoms with E-state index in [4.69, 9.17) is 9.47 Å². The Morgan fingerprint density at radius 2 is 1.38 bits per heavy atom. The summed E-state index contributed by atoms with van der Waals surface area (Å²) in [6, 6.07) is -0.991. The predicted molar refractivity (Wildman–Crippen MR) is 147 cm³/mol. The molecule has 12 nitrogen and oxygen atoms in total. The molecule has 1 amide bonds. The molecule has 0 saturated heterocycles. The van der Waals surface area contributed by atoms with Gasteiger partial charge in [-0.1, -0.05) is 27.7 Å². The van der Waals surface area contributed by atoms with E-state index in [1.807, 2.05) is 13.8 Å². The van der Waals surface area contributed by atoms with Gasteiger partial charge in [0.15, 0.2) is 5.78 Å². The number of ketones is 3. The van der Waals surface area contributed by atoms with Gasteiger partial charge in [0, 0.05) is 50.7 Å². The summed E-state index contributed by atoms with van der Waals surface area (Å²) in [5.41, 5.74) is 0. The zero-order chi connectivity index (χ0) is 30.5. The molecular formula is C28H48N2O10. The highest BCUT2D eigenvalue weighted by Crippen LogP contribution is 2.15. The maximum absolute atomic E-state index is 12.3. The van der Waals surface area contributed by atoms with Gasteiger partial charge in [0.25, 0.3) is 0 Å². The Hall–Kier alpha value is -2.70. The quantitative estimate of drug-likeness (QED) is 0.111. The number of carbonyl (C=O) groups excluding carboxylic acids is 4. The van der Waals surface area contributed by atoms with Gasteiger partial charge >= 0.3 is 11.9 Å². The van der Waals surface area contributed by atoms with Crippen molar-refractivity contribution >= 4 is 35.2 Å². The molecule has 0 aliphatic carbocycles. The highest BCUT2D eigenvalue weighted by atomic mass is 16.5. The van der Waals surface area contributed by atoms with Gasteiger partial charge in [0.1, 0.15) is 24.2 Å². The number of aliphatic carboxylic acids is 2. The first-order valence-electron chi connectivity index (χ1n) is 14.0. The van der Waals surface area contributed by atoms with E-state index in [0.717, 1.165) is 0 Å². The van der Waals surface area contributed by atoms with Crippen LogP contribution in [-0.2, 0) is 38.2 Å². The van der Waals surface area contributed by atoms with E-state index in [0.29, 0.717) is 38.6 Å². The minimum atomic E-state index is -1.29. The van der Waals surface area contributed by atoms with Crippen molar-refractivity contribution in [2.45, 2.75) is 97.6 Å². The first-order valence-corrected chi connectivity index (χ1v) is 14.0. The maximum Gasteiger partial charge on any atom is 0.326 e. The second-order valence-electron chi connectivity index (χ2n) is 10.5. The average Bonchev–Trinajstić information content (AvgIpc) is 2.87. The molecule has 0 aromatic carbocycles. The molecule has 0 aliphatic rings. The van der Waals surface area contributed by atoms with Crippen LogP contribution in [-0.4, -0.2) is 90.5 Å². The average molecular weight is 573 g/mol. The lowest BCUT2D eigenvalue weighted by molar-refractivity contribution is -0.145. The smallest absolute Gasteiger partial charge is 0.326 e. The fourth-order valence-electron chi connectivity index (χ4n) is 3.56. The number of nitrogens with one attached hydrogen (secondary N) is 2. The molecule has 0 bridgehead atoms. The van der Waals surface area contributed by atoms with Crippen molar-refractivity contribution in [3.8, 4) is 0 Å². The number of carboxylic acids is 2. The zero-order valence-electron chi connectivity index (χ0n) is 24.4. The van der Waals surface area contributed by atoms with Crippen molar-refractivity contribution in [3.63, 3.8) is 0 Å². The topological polar surface area (TPSA) is 185 Å². The summed E-state index contributed by atoms with van der Waals surface area (Å²) in [6.45, 7) is 9.12. The van der Waals surface area contributed by atoms with Crippen molar-refractivity contribution < 1.29 is 48.5 Å². The number of ether oxygens (including phenoxy) is 2. The van der Waals surface area contributed by atoms with Gasteiger partial charge in [0.2, 0.25) is 5.91 Å². The molecule has 4 N–H and O–H groups in total. The van der Waals surface area contributed by atoms with Crippen LogP contribution in [0.1, 0.15) is 85.5 Å². The van der Waals surface area contributed by atoms with Crippen molar-refractivity contribution in [1.82, 2.24) is 10.6 Å². The molecule has 0 spiro atoms. The zero-order valence-corrected chi connectivity index (χ0v) is 24.4. The molecule has 0 aliphatic heterocycles. The fourth-order valence-corrected chi connectivity index (χ4v) is 3.56. The largest absolute Gasteiger partial charge is 0.481 e. The van der Waals surface area contributed by atoms with Crippen molar-refractivity contribution in [1.29, 1.82) is 0 Å².